The molecule has 0 aromatic carbocycles. The van der Waals surface area contributed by atoms with E-state index in [2.05, 4.69) is 15.6 Å². The maximum absolute atomic E-state index is 11.5. The van der Waals surface area contributed by atoms with Gasteiger partial charge >= 0.3 is 0 Å². The molecule has 2 aliphatic carbocycles. The summed E-state index contributed by atoms with van der Waals surface area (Å²) >= 11 is 1.86. The highest BCUT2D eigenvalue weighted by atomic mass is 32.2. The van der Waals surface area contributed by atoms with E-state index in [0.29, 0.717) is 18.5 Å². The van der Waals surface area contributed by atoms with Gasteiger partial charge in [-0.25, -0.2) is 0 Å². The van der Waals surface area contributed by atoms with E-state index < -0.39 is 0 Å². The maximum atomic E-state index is 11.5. The molecule has 2 unspecified atom stereocenters. The van der Waals surface area contributed by atoms with E-state index in [4.69, 9.17) is 0 Å². The number of fused-ring (bicyclic) bond motifs is 1. The molecule has 0 aromatic heterocycles. The highest BCUT2D eigenvalue weighted by Gasteiger charge is 2.31. The topological polar surface area (TPSA) is 53.5 Å². The average Bonchev–Trinajstić information content (AvgIpc) is 3.09. The molecule has 106 valence electrons. The first-order chi connectivity index (χ1) is 9.31. The molecule has 1 amide bonds. The molecular formula is C14H23N3OS. The Balaban J connectivity index is 1.34. The summed E-state index contributed by atoms with van der Waals surface area (Å²) < 4.78 is 0. The fraction of sp³-hybridized carbons (Fsp3) is 0.857. The van der Waals surface area contributed by atoms with Crippen molar-refractivity contribution in [3.05, 3.63) is 0 Å². The number of nitrogens with zero attached hydrogens (tertiary/aromatic N) is 1. The first-order valence-corrected chi connectivity index (χ1v) is 8.53. The van der Waals surface area contributed by atoms with Gasteiger partial charge in [0.1, 0.15) is 0 Å². The highest BCUT2D eigenvalue weighted by molar-refractivity contribution is 8.13. The number of hydrogen-bond donors (Lipinski definition) is 2. The van der Waals surface area contributed by atoms with E-state index >= 15 is 0 Å². The van der Waals surface area contributed by atoms with Gasteiger partial charge in [-0.05, 0) is 38.0 Å². The van der Waals surface area contributed by atoms with Gasteiger partial charge in [-0.1, -0.05) is 18.2 Å². The molecule has 0 bridgehead atoms. The van der Waals surface area contributed by atoms with Crippen LogP contribution in [0.15, 0.2) is 4.99 Å². The van der Waals surface area contributed by atoms with E-state index in [-0.39, 0.29) is 5.91 Å². The Labute approximate surface area is 119 Å². The van der Waals surface area contributed by atoms with Crippen LogP contribution in [-0.2, 0) is 4.79 Å². The van der Waals surface area contributed by atoms with Crippen LogP contribution in [0.1, 0.15) is 44.9 Å². The Hall–Kier alpha value is -0.710. The molecule has 2 atom stereocenters. The van der Waals surface area contributed by atoms with Crippen molar-refractivity contribution in [3.8, 4) is 0 Å². The molecular weight excluding hydrogens is 258 g/mol. The lowest BCUT2D eigenvalue weighted by Crippen LogP contribution is -2.41. The predicted molar refractivity (Wildman–Crippen MR) is 79.4 cm³/mol. The number of nitrogens with one attached hydrogen (secondary N) is 2. The van der Waals surface area contributed by atoms with Crippen molar-refractivity contribution in [2.24, 2.45) is 10.9 Å². The second-order valence-corrected chi connectivity index (χ2v) is 6.89. The summed E-state index contributed by atoms with van der Waals surface area (Å²) in [5, 5.41) is 7.67. The van der Waals surface area contributed by atoms with Crippen LogP contribution in [0.2, 0.25) is 0 Å². The zero-order valence-corrected chi connectivity index (χ0v) is 12.2. The second-order valence-electron chi connectivity index (χ2n) is 5.89. The zero-order valence-electron chi connectivity index (χ0n) is 11.4. The summed E-state index contributed by atoms with van der Waals surface area (Å²) in [6.45, 7) is 0.769. The van der Waals surface area contributed by atoms with Crippen LogP contribution >= 0.6 is 11.8 Å². The van der Waals surface area contributed by atoms with E-state index in [1.165, 1.54) is 25.0 Å². The van der Waals surface area contributed by atoms with Crippen molar-refractivity contribution >= 4 is 22.8 Å². The Morgan fingerprint density at radius 3 is 3.11 bits per heavy atom. The minimum Gasteiger partial charge on any atom is -0.362 e. The summed E-state index contributed by atoms with van der Waals surface area (Å²) in [6.07, 6.45) is 7.83. The number of hydrogen-bond acceptors (Lipinski definition) is 3. The minimum absolute atomic E-state index is 0.197. The molecule has 19 heavy (non-hydrogen) atoms. The van der Waals surface area contributed by atoms with Gasteiger partial charge in [0.2, 0.25) is 5.91 Å². The van der Waals surface area contributed by atoms with E-state index in [1.54, 1.807) is 0 Å². The summed E-state index contributed by atoms with van der Waals surface area (Å²) in [4.78, 5) is 16.1. The second kappa shape index (κ2) is 6.16. The fourth-order valence-electron chi connectivity index (χ4n) is 2.85. The van der Waals surface area contributed by atoms with Crippen LogP contribution in [0.5, 0.6) is 0 Å². The quantitative estimate of drug-likeness (QED) is 0.757. The van der Waals surface area contributed by atoms with Gasteiger partial charge in [0.05, 0.1) is 0 Å². The predicted octanol–water partition coefficient (Wildman–Crippen LogP) is 1.91. The van der Waals surface area contributed by atoms with Gasteiger partial charge in [0.15, 0.2) is 5.17 Å². The van der Waals surface area contributed by atoms with E-state index in [9.17, 15) is 4.79 Å². The first kappa shape index (κ1) is 13.3. The van der Waals surface area contributed by atoms with Gasteiger partial charge in [0, 0.05) is 30.8 Å². The number of amidine groups is 1. The van der Waals surface area contributed by atoms with Gasteiger partial charge < -0.3 is 10.6 Å². The van der Waals surface area contributed by atoms with Crippen molar-refractivity contribution in [1.82, 2.24) is 10.6 Å². The van der Waals surface area contributed by atoms with Crippen LogP contribution in [0.25, 0.3) is 0 Å². The summed E-state index contributed by atoms with van der Waals surface area (Å²) in [5.41, 5.74) is 0. The van der Waals surface area contributed by atoms with Crippen molar-refractivity contribution < 1.29 is 4.79 Å². The molecule has 0 radical (unpaired) electrons. The average molecular weight is 281 g/mol. The van der Waals surface area contributed by atoms with Gasteiger partial charge in [-0.2, -0.15) is 0 Å². The molecule has 1 heterocycles. The number of amides is 1. The van der Waals surface area contributed by atoms with Crippen LogP contribution in [0, 0.1) is 5.92 Å². The summed E-state index contributed by atoms with van der Waals surface area (Å²) in [7, 11) is 0. The summed E-state index contributed by atoms with van der Waals surface area (Å²) in [6, 6.07) is 1.15. The van der Waals surface area contributed by atoms with Gasteiger partial charge in [-0.3, -0.25) is 9.79 Å². The smallest absolute Gasteiger partial charge is 0.220 e. The zero-order chi connectivity index (χ0) is 13.1. The molecule has 4 nitrogen and oxygen atoms in total. The van der Waals surface area contributed by atoms with Crippen LogP contribution in [-0.4, -0.2) is 35.5 Å². The molecule has 1 aliphatic heterocycles. The third-order valence-corrected chi connectivity index (χ3v) is 5.28. The first-order valence-electron chi connectivity index (χ1n) is 7.54. The Morgan fingerprint density at radius 2 is 2.26 bits per heavy atom. The fourth-order valence-corrected chi connectivity index (χ4v) is 4.04. The standard InChI is InChI=1S/C14H23N3OS/c18-13(16-11-6-7-11)5-2-8-15-14-17-12-4-1-3-10(12)9-19-14/h10-12H,1-9H2,(H,15,17)(H,16,18). The Morgan fingerprint density at radius 1 is 1.37 bits per heavy atom. The molecule has 2 N–H and O–H groups in total. The number of aliphatic imine (C=N–C) groups is 1. The van der Waals surface area contributed by atoms with E-state index in [1.807, 2.05) is 11.8 Å². The lowest BCUT2D eigenvalue weighted by Gasteiger charge is -2.28. The van der Waals surface area contributed by atoms with Crippen molar-refractivity contribution in [2.75, 3.05) is 12.3 Å². The normalized spacial score (nSPS) is 31.9. The van der Waals surface area contributed by atoms with E-state index in [0.717, 1.165) is 36.9 Å². The highest BCUT2D eigenvalue weighted by Crippen LogP contribution is 2.32. The molecule has 5 heteroatoms. The SMILES string of the molecule is O=C(CCCN=C1NC2CCCC2CS1)NC1CC1. The van der Waals surface area contributed by atoms with Gasteiger partial charge in [-0.15, -0.1) is 0 Å². The summed E-state index contributed by atoms with van der Waals surface area (Å²) in [5.74, 6) is 2.27. The minimum atomic E-state index is 0.197. The largest absolute Gasteiger partial charge is 0.362 e. The van der Waals surface area contributed by atoms with Crippen molar-refractivity contribution in [3.63, 3.8) is 0 Å². The number of thioether (sulfide) groups is 1. The van der Waals surface area contributed by atoms with Crippen molar-refractivity contribution in [2.45, 2.75) is 57.0 Å². The molecule has 0 aromatic rings. The van der Waals surface area contributed by atoms with Gasteiger partial charge in [0.25, 0.3) is 0 Å². The molecule has 3 fully saturated rings. The number of carbonyl (C=O) groups excluding carboxylic acids is 1. The van der Waals surface area contributed by atoms with Crippen LogP contribution in [0.3, 0.4) is 0 Å². The van der Waals surface area contributed by atoms with Crippen LogP contribution in [0.4, 0.5) is 0 Å². The molecule has 3 rings (SSSR count). The number of rotatable bonds is 5. The number of carbonyl (C=O) groups is 1. The Kier molecular flexibility index (Phi) is 4.31. The van der Waals surface area contributed by atoms with Crippen LogP contribution < -0.4 is 10.6 Å². The third kappa shape index (κ3) is 3.88. The molecule has 3 aliphatic rings. The van der Waals surface area contributed by atoms with Crippen molar-refractivity contribution in [1.29, 1.82) is 0 Å². The molecule has 1 saturated heterocycles. The third-order valence-electron chi connectivity index (χ3n) is 4.16. The molecule has 0 spiro atoms. The maximum Gasteiger partial charge on any atom is 0.220 e. The lowest BCUT2D eigenvalue weighted by atomic mass is 10.1. The molecule has 2 saturated carbocycles. The lowest BCUT2D eigenvalue weighted by molar-refractivity contribution is -0.121. The monoisotopic (exact) mass is 281 g/mol. The Bertz CT molecular complexity index is 368.